The van der Waals surface area contributed by atoms with E-state index >= 15 is 0 Å². The van der Waals surface area contributed by atoms with Gasteiger partial charge in [0.25, 0.3) is 5.91 Å². The zero-order valence-electron chi connectivity index (χ0n) is 16.0. The first-order valence-electron chi connectivity index (χ1n) is 9.57. The molecule has 0 spiro atoms. The number of fused-ring (bicyclic) bond motifs is 1. The molecule has 3 heterocycles. The van der Waals surface area contributed by atoms with Gasteiger partial charge in [-0.1, -0.05) is 12.1 Å². The number of sulfonamides is 1. The van der Waals surface area contributed by atoms with Gasteiger partial charge in [0.15, 0.2) is 0 Å². The maximum atomic E-state index is 12.9. The number of carbonyl (C=O) groups is 1. The lowest BCUT2D eigenvalue weighted by molar-refractivity contribution is 0.0664. The van der Waals surface area contributed by atoms with Crippen molar-refractivity contribution in [1.82, 2.24) is 19.4 Å². The van der Waals surface area contributed by atoms with Gasteiger partial charge >= 0.3 is 0 Å². The molecule has 0 saturated carbocycles. The van der Waals surface area contributed by atoms with Crippen LogP contribution in [0, 0.1) is 5.92 Å². The minimum absolute atomic E-state index is 0.0211. The van der Waals surface area contributed by atoms with E-state index < -0.39 is 10.0 Å². The third kappa shape index (κ3) is 3.40. The number of hydrogen-bond donors (Lipinski definition) is 2. The zero-order valence-corrected chi connectivity index (χ0v) is 16.8. The maximum absolute atomic E-state index is 12.9. The predicted octanol–water partition coefficient (Wildman–Crippen LogP) is 2.05. The molecule has 8 nitrogen and oxygen atoms in total. The Kier molecular flexibility index (Phi) is 4.88. The monoisotopic (exact) mass is 403 g/mol. The van der Waals surface area contributed by atoms with Gasteiger partial charge in [0.2, 0.25) is 10.0 Å². The lowest BCUT2D eigenvalue weighted by Gasteiger charge is -2.38. The van der Waals surface area contributed by atoms with Crippen molar-refractivity contribution in [3.63, 3.8) is 0 Å². The van der Waals surface area contributed by atoms with E-state index in [4.69, 9.17) is 0 Å². The number of benzene rings is 1. The zero-order chi connectivity index (χ0) is 19.9. The largest absolute Gasteiger partial charge is 0.368 e. The van der Waals surface area contributed by atoms with Crippen molar-refractivity contribution in [2.75, 3.05) is 18.4 Å². The molecule has 0 bridgehead atoms. The van der Waals surface area contributed by atoms with E-state index in [-0.39, 0.29) is 28.9 Å². The Morgan fingerprint density at radius 3 is 2.61 bits per heavy atom. The van der Waals surface area contributed by atoms with Gasteiger partial charge in [-0.3, -0.25) is 9.48 Å². The molecule has 2 aliphatic heterocycles. The fourth-order valence-corrected chi connectivity index (χ4v) is 5.34. The maximum Gasteiger partial charge on any atom is 0.272 e. The molecule has 1 aromatic carbocycles. The first kappa shape index (κ1) is 18.9. The van der Waals surface area contributed by atoms with Crippen LogP contribution in [0.25, 0.3) is 0 Å². The summed E-state index contributed by atoms with van der Waals surface area (Å²) in [6.07, 6.45) is 2.74. The third-order valence-corrected chi connectivity index (χ3v) is 6.95. The van der Waals surface area contributed by atoms with Gasteiger partial charge in [0.05, 0.1) is 11.9 Å². The molecule has 0 aliphatic carbocycles. The van der Waals surface area contributed by atoms with Crippen molar-refractivity contribution >= 4 is 21.6 Å². The molecule has 1 fully saturated rings. The highest BCUT2D eigenvalue weighted by atomic mass is 32.2. The average Bonchev–Trinajstić information content (AvgIpc) is 3.17. The molecular formula is C19H25N5O3S. The van der Waals surface area contributed by atoms with E-state index in [0.29, 0.717) is 24.5 Å². The molecule has 2 aromatic rings. The summed E-state index contributed by atoms with van der Waals surface area (Å²) in [5.41, 5.74) is 1.23. The molecule has 1 unspecified atom stereocenters. The van der Waals surface area contributed by atoms with Crippen molar-refractivity contribution in [2.45, 2.75) is 43.8 Å². The fourth-order valence-electron chi connectivity index (χ4n) is 3.95. The lowest BCUT2D eigenvalue weighted by atomic mass is 9.93. The summed E-state index contributed by atoms with van der Waals surface area (Å²) >= 11 is 0. The molecule has 1 amide bonds. The van der Waals surface area contributed by atoms with Gasteiger partial charge in [0, 0.05) is 25.3 Å². The van der Waals surface area contributed by atoms with Gasteiger partial charge in [-0.05, 0) is 50.8 Å². The van der Waals surface area contributed by atoms with Gasteiger partial charge in [-0.15, -0.1) is 0 Å². The third-order valence-electron chi connectivity index (χ3n) is 5.45. The average molecular weight is 404 g/mol. The standard InChI is InChI=1S/C19H25N5O3S/c1-13(2)24-16(7-10-20-24)19(25)23-11-8-14(9-12-23)18-21-15-5-3-4-6-17(15)28(26,27)22-18/h3-7,10,13-14,18,21-22H,8-9,11-12H2,1-2H3. The van der Waals surface area contributed by atoms with E-state index in [2.05, 4.69) is 15.1 Å². The van der Waals surface area contributed by atoms with Crippen LogP contribution in [-0.4, -0.2) is 48.3 Å². The summed E-state index contributed by atoms with van der Waals surface area (Å²) in [5.74, 6) is 0.0920. The second-order valence-corrected chi connectivity index (χ2v) is 9.31. The topological polar surface area (TPSA) is 96.3 Å². The highest BCUT2D eigenvalue weighted by molar-refractivity contribution is 7.89. The van der Waals surface area contributed by atoms with Crippen molar-refractivity contribution in [1.29, 1.82) is 0 Å². The number of amides is 1. The molecule has 9 heteroatoms. The number of likely N-dealkylation sites (tertiary alicyclic amines) is 1. The Hall–Kier alpha value is -2.39. The molecular weight excluding hydrogens is 378 g/mol. The predicted molar refractivity (Wildman–Crippen MR) is 105 cm³/mol. The summed E-state index contributed by atoms with van der Waals surface area (Å²) < 4.78 is 29.6. The molecule has 2 aliphatic rings. The Morgan fingerprint density at radius 1 is 1.18 bits per heavy atom. The summed E-state index contributed by atoms with van der Waals surface area (Å²) in [5, 5.41) is 7.55. The number of anilines is 1. The van der Waals surface area contributed by atoms with Crippen LogP contribution < -0.4 is 10.0 Å². The van der Waals surface area contributed by atoms with Crippen molar-refractivity contribution in [3.05, 3.63) is 42.2 Å². The number of para-hydroxylation sites is 1. The minimum Gasteiger partial charge on any atom is -0.368 e. The van der Waals surface area contributed by atoms with E-state index in [9.17, 15) is 13.2 Å². The van der Waals surface area contributed by atoms with Crippen molar-refractivity contribution in [3.8, 4) is 0 Å². The van der Waals surface area contributed by atoms with Gasteiger partial charge in [0.1, 0.15) is 10.6 Å². The fraction of sp³-hybridized carbons (Fsp3) is 0.474. The molecule has 2 N–H and O–H groups in total. The van der Waals surface area contributed by atoms with E-state index in [0.717, 1.165) is 12.8 Å². The van der Waals surface area contributed by atoms with E-state index in [1.165, 1.54) is 0 Å². The number of piperidine rings is 1. The van der Waals surface area contributed by atoms with Crippen molar-refractivity contribution in [2.24, 2.45) is 5.92 Å². The number of nitrogens with zero attached hydrogens (tertiary/aromatic N) is 3. The number of aromatic nitrogens is 2. The van der Waals surface area contributed by atoms with Gasteiger partial charge in [-0.25, -0.2) is 8.42 Å². The molecule has 0 radical (unpaired) electrons. The number of carbonyl (C=O) groups excluding carboxylic acids is 1. The summed E-state index contributed by atoms with van der Waals surface area (Å²) in [6, 6.07) is 8.79. The second kappa shape index (κ2) is 7.21. The van der Waals surface area contributed by atoms with Crippen LogP contribution >= 0.6 is 0 Å². The van der Waals surface area contributed by atoms with Crippen LogP contribution in [0.3, 0.4) is 0 Å². The van der Waals surface area contributed by atoms with Crippen LogP contribution in [0.15, 0.2) is 41.4 Å². The lowest BCUT2D eigenvalue weighted by Crippen LogP contribution is -2.52. The summed E-state index contributed by atoms with van der Waals surface area (Å²) in [6.45, 7) is 5.17. The van der Waals surface area contributed by atoms with Gasteiger partial charge in [-0.2, -0.15) is 9.82 Å². The van der Waals surface area contributed by atoms with Gasteiger partial charge < -0.3 is 10.2 Å². The molecule has 28 heavy (non-hydrogen) atoms. The molecule has 1 saturated heterocycles. The summed E-state index contributed by atoms with van der Waals surface area (Å²) in [7, 11) is -3.53. The highest BCUT2D eigenvalue weighted by Gasteiger charge is 2.36. The van der Waals surface area contributed by atoms with E-state index in [1.54, 1.807) is 35.1 Å². The Balaban J connectivity index is 1.44. The van der Waals surface area contributed by atoms with Crippen LogP contribution in [0.2, 0.25) is 0 Å². The SMILES string of the molecule is CC(C)n1nccc1C(=O)N1CCC(C2Nc3ccccc3S(=O)(=O)N2)CC1. The molecule has 1 aromatic heterocycles. The normalized spacial score (nSPS) is 22.0. The number of hydrogen-bond acceptors (Lipinski definition) is 5. The number of nitrogens with one attached hydrogen (secondary N) is 2. The smallest absolute Gasteiger partial charge is 0.272 e. The Morgan fingerprint density at radius 2 is 1.89 bits per heavy atom. The van der Waals surface area contributed by atoms with Crippen LogP contribution in [0.1, 0.15) is 43.2 Å². The Labute approximate surface area is 165 Å². The highest BCUT2D eigenvalue weighted by Crippen LogP contribution is 2.31. The molecule has 150 valence electrons. The number of rotatable bonds is 3. The second-order valence-electron chi connectivity index (χ2n) is 7.62. The first-order valence-corrected chi connectivity index (χ1v) is 11.1. The first-order chi connectivity index (χ1) is 13.4. The molecule has 4 rings (SSSR count). The van der Waals surface area contributed by atoms with E-state index in [1.807, 2.05) is 24.8 Å². The van der Waals surface area contributed by atoms with Crippen LogP contribution in [-0.2, 0) is 10.0 Å². The quantitative estimate of drug-likeness (QED) is 0.818. The van der Waals surface area contributed by atoms with Crippen molar-refractivity contribution < 1.29 is 13.2 Å². The van der Waals surface area contributed by atoms with Crippen LogP contribution in [0.5, 0.6) is 0 Å². The molecule has 1 atom stereocenters. The van der Waals surface area contributed by atoms with Crippen LogP contribution in [0.4, 0.5) is 5.69 Å². The summed E-state index contributed by atoms with van der Waals surface area (Å²) in [4.78, 5) is 15.0. The Bertz CT molecular complexity index is 977. The minimum atomic E-state index is -3.53.